The number of aromatic amines is 1. The summed E-state index contributed by atoms with van der Waals surface area (Å²) < 4.78 is 52.3. The van der Waals surface area contributed by atoms with Crippen molar-refractivity contribution in [3.8, 4) is 11.5 Å². The van der Waals surface area contributed by atoms with E-state index < -0.39 is 41.2 Å². The number of anilines is 2. The number of piperidine rings is 1. The van der Waals surface area contributed by atoms with E-state index in [1.165, 1.54) is 19.0 Å². The van der Waals surface area contributed by atoms with Crippen molar-refractivity contribution >= 4 is 53.9 Å². The Morgan fingerprint density at radius 3 is 2.41 bits per heavy atom. The Balaban J connectivity index is 0.953. The number of carbonyl (C=O) groups is 1. The fourth-order valence-electron chi connectivity index (χ4n) is 9.52. The number of nitrogens with zero attached hydrogens (tertiary/aromatic N) is 7. The van der Waals surface area contributed by atoms with Gasteiger partial charge in [-0.2, -0.15) is 0 Å². The van der Waals surface area contributed by atoms with Crippen LogP contribution in [0.2, 0.25) is 0 Å². The molecule has 1 amide bonds. The lowest BCUT2D eigenvalue weighted by Gasteiger charge is -2.56. The third-order valence-corrected chi connectivity index (χ3v) is 15.2. The number of hydrogen-bond acceptors (Lipinski definition) is 14. The molecule has 5 heterocycles. The van der Waals surface area contributed by atoms with Crippen LogP contribution in [0.15, 0.2) is 64.2 Å². The number of amides is 1. The highest BCUT2D eigenvalue weighted by Crippen LogP contribution is 2.51. The van der Waals surface area contributed by atoms with E-state index in [2.05, 4.69) is 51.0 Å². The van der Waals surface area contributed by atoms with Crippen LogP contribution < -0.4 is 19.7 Å². The molecule has 2 aliphatic carbocycles. The quantitative estimate of drug-likeness (QED) is 0.106. The van der Waals surface area contributed by atoms with Crippen molar-refractivity contribution in [3.63, 3.8) is 0 Å². The molecule has 4 aromatic rings. The van der Waals surface area contributed by atoms with Crippen LogP contribution in [0.4, 0.5) is 17.2 Å². The van der Waals surface area contributed by atoms with Crippen molar-refractivity contribution in [1.82, 2.24) is 29.5 Å². The second-order valence-corrected chi connectivity index (χ2v) is 21.7. The van der Waals surface area contributed by atoms with E-state index >= 15 is 0 Å². The van der Waals surface area contributed by atoms with E-state index in [0.717, 1.165) is 108 Å². The molecular formula is C42H56N10O7S2. The first-order valence-electron chi connectivity index (χ1n) is 21.2. The number of hydrogen-bond donors (Lipinski definition) is 3. The van der Waals surface area contributed by atoms with Gasteiger partial charge in [0.1, 0.15) is 22.0 Å². The highest BCUT2D eigenvalue weighted by Gasteiger charge is 2.48. The number of benzene rings is 1. The van der Waals surface area contributed by atoms with Crippen molar-refractivity contribution in [2.75, 3.05) is 75.1 Å². The average Bonchev–Trinajstić information content (AvgIpc) is 3.70. The molecule has 0 radical (unpaired) electrons. The normalized spacial score (nSPS) is 21.5. The van der Waals surface area contributed by atoms with Crippen LogP contribution >= 0.6 is 0 Å². The number of rotatable bonds is 13. The molecule has 2 saturated heterocycles. The molecule has 1 aromatic carbocycles. The van der Waals surface area contributed by atoms with Gasteiger partial charge in [0.25, 0.3) is 15.9 Å². The van der Waals surface area contributed by atoms with Crippen LogP contribution in [-0.2, 0) is 19.8 Å². The second-order valence-electron chi connectivity index (χ2n) is 17.5. The molecule has 1 spiro atoms. The number of ether oxygens (including phenoxy) is 1. The van der Waals surface area contributed by atoms with E-state index in [-0.39, 0.29) is 29.1 Å². The first-order chi connectivity index (χ1) is 29.2. The largest absolute Gasteiger partial charge is 0.455 e. The topological polar surface area (TPSA) is 208 Å². The van der Waals surface area contributed by atoms with Crippen LogP contribution in [0.1, 0.15) is 68.6 Å². The summed E-state index contributed by atoms with van der Waals surface area (Å²) in [6.45, 7) is 9.99. The monoisotopic (exact) mass is 876 g/mol. The standard InChI is InChI=1S/C42H56N10O7S2/c1-4-49-17-19-51(20-18-49)33-24-42(25-33)12-15-50(16-13-42)32-9-10-36(38(22-32)59-34-21-30-11-14-43-39(30)45-27-34)41(53)48-61(57,58)35-23-37(52(54)55)40(46-28-35)44-26-29-5-7-31(8-6-29)47-60(2,3)56/h9-11,14,21-23,27-29,31,33H,4-8,12-13,15-20,24-26H2,1-3H3,(H,43,45)(H,44,46)(H,48,53). The maximum Gasteiger partial charge on any atom is 0.312 e. The number of fused-ring (bicyclic) bond motifs is 1. The van der Waals surface area contributed by atoms with Crippen molar-refractivity contribution in [2.24, 2.45) is 15.7 Å². The molecule has 8 rings (SSSR count). The van der Waals surface area contributed by atoms with Gasteiger partial charge in [-0.3, -0.25) is 24.0 Å². The minimum absolute atomic E-state index is 0.0255. The van der Waals surface area contributed by atoms with Gasteiger partial charge in [0, 0.05) is 103 Å². The van der Waals surface area contributed by atoms with Crippen molar-refractivity contribution in [2.45, 2.75) is 75.3 Å². The summed E-state index contributed by atoms with van der Waals surface area (Å²) in [6, 6.07) is 10.3. The zero-order valence-corrected chi connectivity index (χ0v) is 36.7. The Morgan fingerprint density at radius 1 is 0.984 bits per heavy atom. The van der Waals surface area contributed by atoms with E-state index in [0.29, 0.717) is 29.4 Å². The first kappa shape index (κ1) is 42.8. The van der Waals surface area contributed by atoms with Crippen LogP contribution in [0.25, 0.3) is 11.0 Å². The van der Waals surface area contributed by atoms with Gasteiger partial charge < -0.3 is 24.8 Å². The van der Waals surface area contributed by atoms with Crippen molar-refractivity contribution in [1.29, 1.82) is 0 Å². The lowest BCUT2D eigenvalue weighted by Crippen LogP contribution is -2.59. The SMILES string of the molecule is CCN1CCN(C2CC3(CCN(c4ccc(C(=O)NS(=O)(=O)c5cnc(NCC6CCC(N=S(C)(C)=O)CC6)c([N+](=O)[O-])c5)c(Oc5cnc6[nH]ccc6c5)c4)CC3)C2)CC1. The van der Waals surface area contributed by atoms with E-state index in [9.17, 15) is 27.5 Å². The third-order valence-electron chi connectivity index (χ3n) is 13.1. The maximum atomic E-state index is 13.9. The minimum atomic E-state index is -4.62. The summed E-state index contributed by atoms with van der Waals surface area (Å²) in [4.78, 5) is 43.9. The fourth-order valence-corrected chi connectivity index (χ4v) is 11.4. The Bertz CT molecular complexity index is 2480. The Kier molecular flexibility index (Phi) is 12.3. The predicted molar refractivity (Wildman–Crippen MR) is 235 cm³/mol. The highest BCUT2D eigenvalue weighted by molar-refractivity contribution is 7.92. The number of sulfonamides is 1. The Labute approximate surface area is 357 Å². The molecule has 3 aromatic heterocycles. The van der Waals surface area contributed by atoms with Gasteiger partial charge in [-0.1, -0.05) is 6.92 Å². The molecule has 4 fully saturated rings. The van der Waals surface area contributed by atoms with Crippen LogP contribution in [0.3, 0.4) is 0 Å². The molecule has 3 N–H and O–H groups in total. The number of nitro groups is 1. The van der Waals surface area contributed by atoms with E-state index in [1.807, 2.05) is 6.07 Å². The zero-order chi connectivity index (χ0) is 42.9. The molecule has 4 aliphatic rings. The molecule has 2 saturated carbocycles. The summed E-state index contributed by atoms with van der Waals surface area (Å²) >= 11 is 0. The first-order valence-corrected chi connectivity index (χ1v) is 25.1. The third kappa shape index (κ3) is 9.95. The van der Waals surface area contributed by atoms with Gasteiger partial charge in [0.15, 0.2) is 0 Å². The van der Waals surface area contributed by atoms with Gasteiger partial charge >= 0.3 is 5.69 Å². The van der Waals surface area contributed by atoms with Crippen molar-refractivity contribution in [3.05, 3.63) is 70.7 Å². The van der Waals surface area contributed by atoms with Gasteiger partial charge in [-0.05, 0) is 93.5 Å². The molecule has 17 nitrogen and oxygen atoms in total. The smallest absolute Gasteiger partial charge is 0.312 e. The number of carbonyl (C=O) groups excluding carboxylic acids is 1. The average molecular weight is 877 g/mol. The lowest BCUT2D eigenvalue weighted by molar-refractivity contribution is -0.384. The van der Waals surface area contributed by atoms with Gasteiger partial charge in [0.05, 0.1) is 28.9 Å². The van der Waals surface area contributed by atoms with Crippen molar-refractivity contribution < 1.29 is 27.1 Å². The van der Waals surface area contributed by atoms with Gasteiger partial charge in [-0.15, -0.1) is 0 Å². The van der Waals surface area contributed by atoms with Gasteiger partial charge in [0.2, 0.25) is 5.82 Å². The summed E-state index contributed by atoms with van der Waals surface area (Å²) in [7, 11) is -6.82. The number of piperazine rings is 1. The number of pyridine rings is 2. The predicted octanol–water partition coefficient (Wildman–Crippen LogP) is 5.86. The number of likely N-dealkylation sites (N-methyl/N-ethyl adjacent to an activating group) is 1. The molecular weight excluding hydrogens is 821 g/mol. The summed E-state index contributed by atoms with van der Waals surface area (Å²) in [5.74, 6) is -0.358. The second kappa shape index (κ2) is 17.5. The Hall–Kier alpha value is -4.85. The highest BCUT2D eigenvalue weighted by atomic mass is 32.2. The van der Waals surface area contributed by atoms with Gasteiger partial charge in [-0.25, -0.2) is 27.5 Å². The molecule has 19 heteroatoms. The molecule has 0 unspecified atom stereocenters. The van der Waals surface area contributed by atoms with E-state index in [1.54, 1.807) is 43.0 Å². The molecule has 2 aliphatic heterocycles. The molecule has 0 atom stereocenters. The molecule has 0 bridgehead atoms. The Morgan fingerprint density at radius 2 is 1.72 bits per heavy atom. The lowest BCUT2D eigenvalue weighted by atomic mass is 9.60. The zero-order valence-electron chi connectivity index (χ0n) is 35.0. The fraction of sp³-hybridized carbons (Fsp3) is 0.548. The summed E-state index contributed by atoms with van der Waals surface area (Å²) in [6.07, 6.45) is 15.2. The number of aromatic nitrogens is 3. The van der Waals surface area contributed by atoms with Crippen LogP contribution in [0, 0.1) is 21.4 Å². The molecule has 328 valence electrons. The minimum Gasteiger partial charge on any atom is -0.455 e. The van der Waals surface area contributed by atoms with E-state index in [4.69, 9.17) is 4.74 Å². The number of H-pyrrole nitrogens is 1. The number of nitrogens with one attached hydrogen (secondary N) is 3. The van der Waals surface area contributed by atoms with Crippen LogP contribution in [0.5, 0.6) is 11.5 Å². The summed E-state index contributed by atoms with van der Waals surface area (Å²) in [5.41, 5.74) is 1.29. The summed E-state index contributed by atoms with van der Waals surface area (Å²) in [5, 5.41) is 16.0. The maximum absolute atomic E-state index is 13.9. The molecule has 61 heavy (non-hydrogen) atoms. The van der Waals surface area contributed by atoms with Crippen LogP contribution in [-0.4, -0.2) is 125 Å².